The minimum Gasteiger partial charge on any atom is -0.480 e. The van der Waals surface area contributed by atoms with E-state index in [0.29, 0.717) is 37.3 Å². The van der Waals surface area contributed by atoms with Crippen molar-refractivity contribution in [2.24, 2.45) is 5.41 Å². The first-order valence-electron chi connectivity index (χ1n) is 11.7. The van der Waals surface area contributed by atoms with Gasteiger partial charge in [-0.05, 0) is 41.5 Å². The normalized spacial score (nSPS) is 20.5. The van der Waals surface area contributed by atoms with Crippen LogP contribution in [-0.2, 0) is 4.79 Å². The van der Waals surface area contributed by atoms with Gasteiger partial charge in [-0.3, -0.25) is 4.79 Å². The van der Waals surface area contributed by atoms with Gasteiger partial charge in [-0.15, -0.1) is 0 Å². The highest BCUT2D eigenvalue weighted by atomic mass is 19.4. The summed E-state index contributed by atoms with van der Waals surface area (Å²) in [7, 11) is 0. The monoisotopic (exact) mass is 501 g/mol. The molecule has 0 amide bonds. The van der Waals surface area contributed by atoms with E-state index in [4.69, 9.17) is 10.5 Å². The molecule has 2 aliphatic rings. The summed E-state index contributed by atoms with van der Waals surface area (Å²) in [5.41, 5.74) is 5.69. The standard InChI is InChI=1S/C25H26F3N5O3/c26-25(27,28)21(17-6-5-15-3-1-2-4-16(15)11-17)36-20-12-19(31-23(29)32-20)33-9-7-24(8-10-33)13-18(22(34)35)30-14-24/h1-6,11-12,18,21,30H,7-10,13-14H2,(H,34,35)(H2,29,31,32)/t18-,21+/m0/s1. The SMILES string of the molecule is Nc1nc(O[C@H](c2ccc3ccccc3c2)C(F)(F)F)cc(N2CCC3(CC2)CN[C@H](C(=O)O)C3)n1. The molecule has 0 bridgehead atoms. The van der Waals surface area contributed by atoms with E-state index in [2.05, 4.69) is 15.3 Å². The average Bonchev–Trinajstić information content (AvgIpc) is 3.25. The maximum Gasteiger partial charge on any atom is 0.429 e. The van der Waals surface area contributed by atoms with Gasteiger partial charge in [-0.1, -0.05) is 36.4 Å². The molecule has 8 nitrogen and oxygen atoms in total. The molecule has 5 rings (SSSR count). The van der Waals surface area contributed by atoms with Crippen LogP contribution >= 0.6 is 0 Å². The number of hydrogen-bond acceptors (Lipinski definition) is 7. The molecule has 0 saturated carbocycles. The summed E-state index contributed by atoms with van der Waals surface area (Å²) in [6.45, 7) is 1.76. The zero-order valence-electron chi connectivity index (χ0n) is 19.3. The number of nitrogens with zero attached hydrogens (tertiary/aromatic N) is 3. The van der Waals surface area contributed by atoms with Crippen LogP contribution in [0.25, 0.3) is 10.8 Å². The molecule has 4 N–H and O–H groups in total. The quantitative estimate of drug-likeness (QED) is 0.482. The number of fused-ring (bicyclic) bond motifs is 1. The lowest BCUT2D eigenvalue weighted by Gasteiger charge is -2.39. The molecule has 2 atom stereocenters. The summed E-state index contributed by atoms with van der Waals surface area (Å²) in [5, 5.41) is 13.8. The maximum atomic E-state index is 14.0. The van der Waals surface area contributed by atoms with Crippen molar-refractivity contribution in [3.05, 3.63) is 54.1 Å². The van der Waals surface area contributed by atoms with E-state index in [1.807, 2.05) is 17.0 Å². The van der Waals surface area contributed by atoms with Crippen LogP contribution in [0, 0.1) is 5.41 Å². The molecule has 190 valence electrons. The van der Waals surface area contributed by atoms with Gasteiger partial charge in [0.05, 0.1) is 0 Å². The van der Waals surface area contributed by atoms with Crippen LogP contribution in [0.5, 0.6) is 5.88 Å². The Morgan fingerprint density at radius 3 is 2.53 bits per heavy atom. The maximum absolute atomic E-state index is 14.0. The van der Waals surface area contributed by atoms with Crippen molar-refractivity contribution in [3.8, 4) is 5.88 Å². The number of alkyl halides is 3. The van der Waals surface area contributed by atoms with Crippen LogP contribution in [0.15, 0.2) is 48.5 Å². The molecule has 0 unspecified atom stereocenters. The smallest absolute Gasteiger partial charge is 0.429 e. The lowest BCUT2D eigenvalue weighted by Crippen LogP contribution is -2.41. The zero-order valence-corrected chi connectivity index (χ0v) is 19.3. The fourth-order valence-corrected chi connectivity index (χ4v) is 5.15. The minimum atomic E-state index is -4.68. The van der Waals surface area contributed by atoms with E-state index in [9.17, 15) is 23.1 Å². The number of benzene rings is 2. The van der Waals surface area contributed by atoms with E-state index in [0.717, 1.165) is 18.2 Å². The largest absolute Gasteiger partial charge is 0.480 e. The molecule has 3 heterocycles. The van der Waals surface area contributed by atoms with Gasteiger partial charge in [0.15, 0.2) is 0 Å². The molecule has 2 aromatic carbocycles. The molecule has 3 aromatic rings. The van der Waals surface area contributed by atoms with Crippen molar-refractivity contribution in [2.75, 3.05) is 30.3 Å². The van der Waals surface area contributed by atoms with Crippen LogP contribution < -0.4 is 20.7 Å². The number of anilines is 2. The lowest BCUT2D eigenvalue weighted by atomic mass is 9.76. The van der Waals surface area contributed by atoms with Crippen LogP contribution in [0.3, 0.4) is 0 Å². The number of rotatable bonds is 5. The summed E-state index contributed by atoms with van der Waals surface area (Å²) in [4.78, 5) is 21.4. The third-order valence-electron chi connectivity index (χ3n) is 7.13. The van der Waals surface area contributed by atoms with Gasteiger partial charge in [0.25, 0.3) is 0 Å². The molecule has 2 fully saturated rings. The summed E-state index contributed by atoms with van der Waals surface area (Å²) in [5.74, 6) is -0.921. The van der Waals surface area contributed by atoms with Gasteiger partial charge in [0.1, 0.15) is 11.9 Å². The van der Waals surface area contributed by atoms with Crippen molar-refractivity contribution >= 4 is 28.5 Å². The van der Waals surface area contributed by atoms with Crippen molar-refractivity contribution in [1.29, 1.82) is 0 Å². The minimum absolute atomic E-state index is 0.0402. The third kappa shape index (κ3) is 4.88. The van der Waals surface area contributed by atoms with Gasteiger partial charge in [-0.2, -0.15) is 23.1 Å². The number of nitrogens with two attached hydrogens (primary N) is 1. The number of aliphatic carboxylic acids is 1. The molecule has 11 heteroatoms. The number of halogens is 3. The predicted molar refractivity (Wildman–Crippen MR) is 128 cm³/mol. The number of nitrogens with one attached hydrogen (secondary N) is 1. The Morgan fingerprint density at radius 2 is 1.86 bits per heavy atom. The number of ether oxygens (including phenoxy) is 1. The molecule has 0 aliphatic carbocycles. The second-order valence-corrected chi connectivity index (χ2v) is 9.53. The van der Waals surface area contributed by atoms with Crippen LogP contribution in [0.1, 0.15) is 30.9 Å². The highest BCUT2D eigenvalue weighted by molar-refractivity contribution is 5.83. The predicted octanol–water partition coefficient (Wildman–Crippen LogP) is 3.93. The third-order valence-corrected chi connectivity index (χ3v) is 7.13. The number of aromatic nitrogens is 2. The van der Waals surface area contributed by atoms with Crippen LogP contribution in [0.2, 0.25) is 0 Å². The fourth-order valence-electron chi connectivity index (χ4n) is 5.15. The number of hydrogen-bond donors (Lipinski definition) is 3. The Balaban J connectivity index is 1.35. The average molecular weight is 502 g/mol. The number of carbonyl (C=O) groups is 1. The highest BCUT2D eigenvalue weighted by Gasteiger charge is 2.45. The molecule has 2 aliphatic heterocycles. The Kier molecular flexibility index (Phi) is 6.11. The summed E-state index contributed by atoms with van der Waals surface area (Å²) in [6.07, 6.45) is -4.91. The van der Waals surface area contributed by atoms with Gasteiger partial charge < -0.3 is 25.8 Å². The molecule has 36 heavy (non-hydrogen) atoms. The summed E-state index contributed by atoms with van der Waals surface area (Å²) >= 11 is 0. The van der Waals surface area contributed by atoms with Crippen molar-refractivity contribution in [2.45, 2.75) is 37.6 Å². The van der Waals surface area contributed by atoms with E-state index in [1.165, 1.54) is 18.2 Å². The van der Waals surface area contributed by atoms with Gasteiger partial charge in [-0.25, -0.2) is 0 Å². The van der Waals surface area contributed by atoms with E-state index in [1.54, 1.807) is 18.2 Å². The van der Waals surface area contributed by atoms with Crippen molar-refractivity contribution in [3.63, 3.8) is 0 Å². The first-order chi connectivity index (χ1) is 17.1. The Hall–Kier alpha value is -3.60. The summed E-state index contributed by atoms with van der Waals surface area (Å²) < 4.78 is 47.5. The van der Waals surface area contributed by atoms with Gasteiger partial charge in [0, 0.05) is 31.3 Å². The lowest BCUT2D eigenvalue weighted by molar-refractivity contribution is -0.198. The second kappa shape index (κ2) is 9.12. The number of piperidine rings is 1. The molecular weight excluding hydrogens is 475 g/mol. The second-order valence-electron chi connectivity index (χ2n) is 9.53. The number of carboxylic acids is 1. The topological polar surface area (TPSA) is 114 Å². The molecule has 1 spiro atoms. The van der Waals surface area contributed by atoms with Crippen LogP contribution in [-0.4, -0.2) is 52.9 Å². The zero-order chi connectivity index (χ0) is 25.5. The first-order valence-corrected chi connectivity index (χ1v) is 11.7. The molecule has 0 radical (unpaired) electrons. The van der Waals surface area contributed by atoms with E-state index < -0.39 is 24.3 Å². The first kappa shape index (κ1) is 24.1. The van der Waals surface area contributed by atoms with Crippen LogP contribution in [0.4, 0.5) is 24.9 Å². The summed E-state index contributed by atoms with van der Waals surface area (Å²) in [6, 6.07) is 12.5. The number of nitrogen functional groups attached to an aromatic ring is 1. The Bertz CT molecular complexity index is 1280. The Morgan fingerprint density at radius 1 is 1.14 bits per heavy atom. The van der Waals surface area contributed by atoms with E-state index in [-0.39, 0.29) is 22.8 Å². The molecule has 2 saturated heterocycles. The van der Waals surface area contributed by atoms with Gasteiger partial charge >= 0.3 is 12.1 Å². The van der Waals surface area contributed by atoms with E-state index >= 15 is 0 Å². The Labute approximate surface area is 205 Å². The number of carboxylic acid groups (broad SMARTS) is 1. The van der Waals surface area contributed by atoms with Crippen molar-refractivity contribution < 1.29 is 27.8 Å². The molecule has 1 aromatic heterocycles. The van der Waals surface area contributed by atoms with Gasteiger partial charge in [0.2, 0.25) is 17.9 Å². The highest BCUT2D eigenvalue weighted by Crippen LogP contribution is 2.41. The fraction of sp³-hybridized carbons (Fsp3) is 0.400. The van der Waals surface area contributed by atoms with Crippen molar-refractivity contribution in [1.82, 2.24) is 15.3 Å². The molecular formula is C25H26F3N5O3.